The van der Waals surface area contributed by atoms with Crippen LogP contribution >= 0.6 is 11.8 Å². The molecule has 0 saturated heterocycles. The minimum Gasteiger partial charge on any atom is -0.497 e. The second kappa shape index (κ2) is 6.02. The molecule has 0 amide bonds. The average molecular weight is 277 g/mol. The van der Waals surface area contributed by atoms with Gasteiger partial charge in [-0.15, -0.1) is 0 Å². The predicted octanol–water partition coefficient (Wildman–Crippen LogP) is 3.11. The number of anilines is 1. The van der Waals surface area contributed by atoms with Crippen molar-refractivity contribution in [3.63, 3.8) is 0 Å². The Balaban J connectivity index is 2.27. The van der Waals surface area contributed by atoms with E-state index in [4.69, 9.17) is 10.5 Å². The smallest absolute Gasteiger partial charge is 0.122 e. The third kappa shape index (κ3) is 3.04. The van der Waals surface area contributed by atoms with E-state index in [-0.39, 0.29) is 0 Å². The summed E-state index contributed by atoms with van der Waals surface area (Å²) in [5.41, 5.74) is 7.94. The van der Waals surface area contributed by atoms with E-state index >= 15 is 0 Å². The lowest BCUT2D eigenvalue weighted by molar-refractivity contribution is 0.413. The maximum Gasteiger partial charge on any atom is 0.122 e. The van der Waals surface area contributed by atoms with E-state index in [9.17, 15) is 0 Å². The Hall–Kier alpha value is -1.62. The largest absolute Gasteiger partial charge is 0.497 e. The minimum atomic E-state index is 0.789. The van der Waals surface area contributed by atoms with Crippen molar-refractivity contribution in [2.24, 2.45) is 7.05 Å². The van der Waals surface area contributed by atoms with Gasteiger partial charge < -0.3 is 10.5 Å². The van der Waals surface area contributed by atoms with Gasteiger partial charge in [-0.1, -0.05) is 31.2 Å². The summed E-state index contributed by atoms with van der Waals surface area (Å²) < 4.78 is 7.08. The summed E-state index contributed by atoms with van der Waals surface area (Å²) in [5, 5.41) is 5.46. The van der Waals surface area contributed by atoms with Crippen LogP contribution in [0.5, 0.6) is 5.75 Å². The highest BCUT2D eigenvalue weighted by molar-refractivity contribution is 7.99. The highest BCUT2D eigenvalue weighted by atomic mass is 32.2. The Bertz CT molecular complexity index is 566. The Morgan fingerprint density at radius 2 is 2.21 bits per heavy atom. The zero-order valence-electron chi connectivity index (χ0n) is 11.5. The topological polar surface area (TPSA) is 53.1 Å². The molecule has 1 aromatic heterocycles. The summed E-state index contributed by atoms with van der Waals surface area (Å²) in [6.07, 6.45) is 1.96. The maximum atomic E-state index is 6.17. The fourth-order valence-corrected chi connectivity index (χ4v) is 2.84. The normalized spacial score (nSPS) is 10.7. The standard InChI is InChI=1S/C14H19N3OS/c1-4-6-12-13(15)14(17(2)16-12)19-11-8-5-7-10(9-11)18-3/h5,7-9H,4,6,15H2,1-3H3. The lowest BCUT2D eigenvalue weighted by atomic mass is 10.2. The molecule has 0 fully saturated rings. The van der Waals surface area contributed by atoms with Crippen LogP contribution in [0.2, 0.25) is 0 Å². The van der Waals surface area contributed by atoms with Gasteiger partial charge in [0, 0.05) is 11.9 Å². The summed E-state index contributed by atoms with van der Waals surface area (Å²) in [7, 11) is 3.60. The van der Waals surface area contributed by atoms with Crippen LogP contribution in [0, 0.1) is 0 Å². The zero-order valence-corrected chi connectivity index (χ0v) is 12.3. The molecule has 0 aliphatic rings. The molecule has 4 nitrogen and oxygen atoms in total. The molecule has 0 bridgehead atoms. The van der Waals surface area contributed by atoms with Gasteiger partial charge in [0.1, 0.15) is 10.8 Å². The van der Waals surface area contributed by atoms with Gasteiger partial charge in [0.2, 0.25) is 0 Å². The molecule has 0 saturated carbocycles. The van der Waals surface area contributed by atoms with E-state index < -0.39 is 0 Å². The van der Waals surface area contributed by atoms with Gasteiger partial charge in [-0.05, 0) is 24.6 Å². The number of methoxy groups -OCH3 is 1. The molecule has 0 atom stereocenters. The number of hydrogen-bond donors (Lipinski definition) is 1. The lowest BCUT2D eigenvalue weighted by Crippen LogP contribution is -1.94. The van der Waals surface area contributed by atoms with Crippen LogP contribution in [0.25, 0.3) is 0 Å². The van der Waals surface area contributed by atoms with E-state index in [1.807, 2.05) is 36.0 Å². The second-order valence-electron chi connectivity index (χ2n) is 4.32. The third-order valence-corrected chi connectivity index (χ3v) is 4.02. The van der Waals surface area contributed by atoms with Gasteiger partial charge in [0.15, 0.2) is 0 Å². The molecule has 0 aliphatic carbocycles. The van der Waals surface area contributed by atoms with Crippen LogP contribution in [0.1, 0.15) is 19.0 Å². The third-order valence-electron chi connectivity index (χ3n) is 2.85. The van der Waals surface area contributed by atoms with Gasteiger partial charge in [-0.25, -0.2) is 0 Å². The fraction of sp³-hybridized carbons (Fsp3) is 0.357. The molecule has 2 aromatic rings. The van der Waals surface area contributed by atoms with E-state index in [0.29, 0.717) is 0 Å². The number of nitrogens with two attached hydrogens (primary N) is 1. The molecule has 5 heteroatoms. The van der Waals surface area contributed by atoms with Gasteiger partial charge in [0.25, 0.3) is 0 Å². The number of rotatable bonds is 5. The van der Waals surface area contributed by atoms with Crippen molar-refractivity contribution in [3.8, 4) is 5.75 Å². The number of hydrogen-bond acceptors (Lipinski definition) is 4. The van der Waals surface area contributed by atoms with E-state index in [2.05, 4.69) is 12.0 Å². The minimum absolute atomic E-state index is 0.789. The summed E-state index contributed by atoms with van der Waals surface area (Å²) in [6.45, 7) is 2.13. The van der Waals surface area contributed by atoms with Crippen molar-refractivity contribution in [1.29, 1.82) is 0 Å². The second-order valence-corrected chi connectivity index (χ2v) is 5.38. The number of ether oxygens (including phenoxy) is 1. The van der Waals surface area contributed by atoms with Crippen LogP contribution < -0.4 is 10.5 Å². The summed E-state index contributed by atoms with van der Waals surface area (Å²) in [5.74, 6) is 0.847. The number of aryl methyl sites for hydroxylation is 2. The van der Waals surface area contributed by atoms with Crippen molar-refractivity contribution < 1.29 is 4.74 Å². The molecular weight excluding hydrogens is 258 g/mol. The quantitative estimate of drug-likeness (QED) is 0.912. The summed E-state index contributed by atoms with van der Waals surface area (Å²) in [6, 6.07) is 7.94. The van der Waals surface area contributed by atoms with Gasteiger partial charge in [-0.3, -0.25) is 4.68 Å². The van der Waals surface area contributed by atoms with Crippen LogP contribution in [-0.4, -0.2) is 16.9 Å². The number of aromatic nitrogens is 2. The molecule has 0 aliphatic heterocycles. The fourth-order valence-electron chi connectivity index (χ4n) is 1.90. The van der Waals surface area contributed by atoms with Crippen LogP contribution in [0.4, 0.5) is 5.69 Å². The van der Waals surface area contributed by atoms with Crippen molar-refractivity contribution in [2.45, 2.75) is 29.7 Å². The Kier molecular flexibility index (Phi) is 4.37. The number of nitrogen functional groups attached to an aromatic ring is 1. The first kappa shape index (κ1) is 13.8. The molecule has 1 heterocycles. The highest BCUT2D eigenvalue weighted by Crippen LogP contribution is 2.35. The SMILES string of the molecule is CCCc1nn(C)c(Sc2cccc(OC)c2)c1N. The summed E-state index contributed by atoms with van der Waals surface area (Å²) >= 11 is 1.61. The Morgan fingerprint density at radius 1 is 1.42 bits per heavy atom. The molecule has 0 spiro atoms. The first-order chi connectivity index (χ1) is 9.15. The van der Waals surface area contributed by atoms with Crippen molar-refractivity contribution in [1.82, 2.24) is 9.78 Å². The Morgan fingerprint density at radius 3 is 2.89 bits per heavy atom. The van der Waals surface area contributed by atoms with Crippen LogP contribution in [0.3, 0.4) is 0 Å². The maximum absolute atomic E-state index is 6.17. The molecular formula is C14H19N3OS. The van der Waals surface area contributed by atoms with E-state index in [0.717, 1.165) is 39.9 Å². The zero-order chi connectivity index (χ0) is 13.8. The molecule has 0 radical (unpaired) electrons. The summed E-state index contributed by atoms with van der Waals surface area (Å²) in [4.78, 5) is 1.09. The molecule has 2 N–H and O–H groups in total. The van der Waals surface area contributed by atoms with Crippen LogP contribution in [0.15, 0.2) is 34.2 Å². The Labute approximate surface area is 117 Å². The van der Waals surface area contributed by atoms with Gasteiger partial charge in [0.05, 0.1) is 18.5 Å². The molecule has 0 unspecified atom stereocenters. The number of nitrogens with zero attached hydrogens (tertiary/aromatic N) is 2. The molecule has 19 heavy (non-hydrogen) atoms. The molecule has 1 aromatic carbocycles. The van der Waals surface area contributed by atoms with Crippen molar-refractivity contribution in [3.05, 3.63) is 30.0 Å². The van der Waals surface area contributed by atoms with E-state index in [1.165, 1.54) is 0 Å². The van der Waals surface area contributed by atoms with E-state index in [1.54, 1.807) is 18.9 Å². The van der Waals surface area contributed by atoms with Crippen molar-refractivity contribution in [2.75, 3.05) is 12.8 Å². The van der Waals surface area contributed by atoms with Gasteiger partial charge in [-0.2, -0.15) is 5.10 Å². The van der Waals surface area contributed by atoms with Crippen molar-refractivity contribution >= 4 is 17.4 Å². The lowest BCUT2D eigenvalue weighted by Gasteiger charge is -2.05. The highest BCUT2D eigenvalue weighted by Gasteiger charge is 2.14. The predicted molar refractivity (Wildman–Crippen MR) is 78.7 cm³/mol. The average Bonchev–Trinajstić information content (AvgIpc) is 2.67. The molecule has 102 valence electrons. The van der Waals surface area contributed by atoms with Crippen LogP contribution in [-0.2, 0) is 13.5 Å². The number of benzene rings is 1. The monoisotopic (exact) mass is 277 g/mol. The first-order valence-electron chi connectivity index (χ1n) is 6.29. The first-order valence-corrected chi connectivity index (χ1v) is 7.10. The molecule has 2 rings (SSSR count). The van der Waals surface area contributed by atoms with Gasteiger partial charge >= 0.3 is 0 Å².